The maximum atomic E-state index is 11.5. The Morgan fingerprint density at radius 3 is 2.50 bits per heavy atom. The summed E-state index contributed by atoms with van der Waals surface area (Å²) in [6.45, 7) is 2.19. The summed E-state index contributed by atoms with van der Waals surface area (Å²) in [6.07, 6.45) is 0.00220. The molecular weight excluding hydrogens is 186 g/mol. The van der Waals surface area contributed by atoms with Crippen LogP contribution in [0.5, 0.6) is 0 Å². The second-order valence-corrected chi connectivity index (χ2v) is 3.68. The van der Waals surface area contributed by atoms with Gasteiger partial charge in [-0.3, -0.25) is 9.59 Å². The minimum absolute atomic E-state index is 0.0197. The summed E-state index contributed by atoms with van der Waals surface area (Å²) < 4.78 is 0. The Kier molecular flexibility index (Phi) is 3.46. The third kappa shape index (κ3) is 2.70. The molecule has 0 aromatic heterocycles. The van der Waals surface area contributed by atoms with Crippen LogP contribution in [-0.2, 0) is 9.59 Å². The van der Waals surface area contributed by atoms with Gasteiger partial charge in [0, 0.05) is 19.0 Å². The molecule has 0 spiro atoms. The van der Waals surface area contributed by atoms with Gasteiger partial charge >= 0.3 is 5.97 Å². The molecule has 0 saturated carbocycles. The molecule has 0 aromatic carbocycles. The van der Waals surface area contributed by atoms with Crippen molar-refractivity contribution in [2.45, 2.75) is 38.3 Å². The molecule has 1 aliphatic heterocycles. The Morgan fingerprint density at radius 2 is 2.07 bits per heavy atom. The molecule has 0 aliphatic carbocycles. The molecule has 0 bridgehead atoms. The van der Waals surface area contributed by atoms with Crippen molar-refractivity contribution in [2.75, 3.05) is 6.54 Å². The summed E-state index contributed by atoms with van der Waals surface area (Å²) in [5.41, 5.74) is 0. The highest BCUT2D eigenvalue weighted by atomic mass is 16.4. The van der Waals surface area contributed by atoms with E-state index in [0.717, 1.165) is 0 Å². The van der Waals surface area contributed by atoms with Gasteiger partial charge in [0.1, 0.15) is 0 Å². The highest BCUT2D eigenvalue weighted by Gasteiger charge is 2.30. The van der Waals surface area contributed by atoms with Crippen molar-refractivity contribution in [2.24, 2.45) is 0 Å². The molecule has 80 valence electrons. The normalized spacial score (nSPS) is 26.6. The summed E-state index contributed by atoms with van der Waals surface area (Å²) in [5.74, 6) is -1.15. The number of carbonyl (C=O) groups is 2. The van der Waals surface area contributed by atoms with Crippen molar-refractivity contribution in [3.8, 4) is 0 Å². The molecule has 14 heavy (non-hydrogen) atoms. The number of likely N-dealkylation sites (tertiary alicyclic amines) is 1. The van der Waals surface area contributed by atoms with E-state index in [-0.39, 0.29) is 24.8 Å². The molecule has 0 unspecified atom stereocenters. The molecule has 1 fully saturated rings. The van der Waals surface area contributed by atoms with Crippen molar-refractivity contribution < 1.29 is 19.8 Å². The van der Waals surface area contributed by atoms with Crippen molar-refractivity contribution in [1.82, 2.24) is 4.90 Å². The highest BCUT2D eigenvalue weighted by molar-refractivity contribution is 5.81. The minimum atomic E-state index is -0.967. The van der Waals surface area contributed by atoms with Crippen molar-refractivity contribution in [3.63, 3.8) is 0 Å². The molecule has 1 heterocycles. The quantitative estimate of drug-likeness (QED) is 0.664. The maximum Gasteiger partial charge on any atom is 0.303 e. The van der Waals surface area contributed by atoms with Crippen LogP contribution in [0.1, 0.15) is 26.2 Å². The van der Waals surface area contributed by atoms with Gasteiger partial charge in [0.05, 0.1) is 12.5 Å². The predicted octanol–water partition coefficient (Wildman–Crippen LogP) is -0.167. The number of nitrogens with zero attached hydrogens (tertiary/aromatic N) is 1. The summed E-state index contributed by atoms with van der Waals surface area (Å²) in [6, 6.07) is 0.0197. The first-order valence-corrected chi connectivity index (χ1v) is 4.70. The van der Waals surface area contributed by atoms with E-state index < -0.39 is 12.1 Å². The van der Waals surface area contributed by atoms with E-state index in [2.05, 4.69) is 0 Å². The lowest BCUT2D eigenvalue weighted by Gasteiger charge is -2.20. The second-order valence-electron chi connectivity index (χ2n) is 3.68. The minimum Gasteiger partial charge on any atom is -0.481 e. The van der Waals surface area contributed by atoms with Gasteiger partial charge in [-0.1, -0.05) is 0 Å². The van der Waals surface area contributed by atoms with Crippen LogP contribution < -0.4 is 0 Å². The Morgan fingerprint density at radius 1 is 1.43 bits per heavy atom. The molecule has 1 saturated heterocycles. The van der Waals surface area contributed by atoms with Crippen LogP contribution >= 0.6 is 0 Å². The zero-order chi connectivity index (χ0) is 10.7. The predicted molar refractivity (Wildman–Crippen MR) is 48.7 cm³/mol. The lowest BCUT2D eigenvalue weighted by atomic mass is 10.2. The van der Waals surface area contributed by atoms with Gasteiger partial charge in [-0.05, 0) is 13.3 Å². The zero-order valence-corrected chi connectivity index (χ0v) is 8.14. The number of β-amino-alcohol motifs (C(OH)–C–C–N with tert-alkyl or cyclic N) is 1. The molecule has 5 heteroatoms. The van der Waals surface area contributed by atoms with Gasteiger partial charge in [-0.15, -0.1) is 0 Å². The first-order valence-electron chi connectivity index (χ1n) is 4.70. The summed E-state index contributed by atoms with van der Waals surface area (Å²) in [7, 11) is 0. The number of rotatable bonds is 3. The fraction of sp³-hybridized carbons (Fsp3) is 0.778. The number of carboxylic acid groups (broad SMARTS) is 1. The molecule has 1 rings (SSSR count). The lowest BCUT2D eigenvalue weighted by Crippen LogP contribution is -2.34. The van der Waals surface area contributed by atoms with Crippen LogP contribution in [0.3, 0.4) is 0 Å². The number of carboxylic acids is 1. The summed E-state index contributed by atoms with van der Waals surface area (Å²) >= 11 is 0. The topological polar surface area (TPSA) is 77.8 Å². The number of hydrogen-bond donors (Lipinski definition) is 2. The fourth-order valence-electron chi connectivity index (χ4n) is 1.71. The summed E-state index contributed by atoms with van der Waals surface area (Å²) in [5, 5.41) is 17.7. The fourth-order valence-corrected chi connectivity index (χ4v) is 1.71. The van der Waals surface area contributed by atoms with E-state index in [0.29, 0.717) is 13.0 Å². The highest BCUT2D eigenvalue weighted by Crippen LogP contribution is 2.18. The number of carbonyl (C=O) groups excluding carboxylic acids is 1. The number of aliphatic carboxylic acids is 1. The molecule has 1 amide bonds. The SMILES string of the molecule is C[C@@H]1C[C@@H](O)CN1C(=O)CCC(=O)O. The first kappa shape index (κ1) is 11.0. The van der Waals surface area contributed by atoms with Crippen molar-refractivity contribution in [1.29, 1.82) is 0 Å². The van der Waals surface area contributed by atoms with E-state index in [1.807, 2.05) is 6.92 Å². The van der Waals surface area contributed by atoms with Crippen LogP contribution in [0.4, 0.5) is 0 Å². The number of amides is 1. The number of hydrogen-bond acceptors (Lipinski definition) is 3. The largest absolute Gasteiger partial charge is 0.481 e. The van der Waals surface area contributed by atoms with Crippen LogP contribution in [0, 0.1) is 0 Å². The van der Waals surface area contributed by atoms with Gasteiger partial charge < -0.3 is 15.1 Å². The summed E-state index contributed by atoms with van der Waals surface area (Å²) in [4.78, 5) is 23.3. The molecule has 0 radical (unpaired) electrons. The Balaban J connectivity index is 2.41. The number of aliphatic hydroxyl groups is 1. The van der Waals surface area contributed by atoms with Crippen LogP contribution in [0.2, 0.25) is 0 Å². The monoisotopic (exact) mass is 201 g/mol. The van der Waals surface area contributed by atoms with Crippen molar-refractivity contribution >= 4 is 11.9 Å². The lowest BCUT2D eigenvalue weighted by molar-refractivity contribution is -0.141. The Bertz CT molecular complexity index is 241. The Hall–Kier alpha value is -1.10. The Labute approximate surface area is 82.3 Å². The van der Waals surface area contributed by atoms with Gasteiger partial charge in [0.15, 0.2) is 0 Å². The van der Waals surface area contributed by atoms with E-state index in [1.165, 1.54) is 0 Å². The van der Waals surface area contributed by atoms with E-state index in [1.54, 1.807) is 4.90 Å². The maximum absolute atomic E-state index is 11.5. The molecule has 2 atom stereocenters. The first-order chi connectivity index (χ1) is 6.50. The van der Waals surface area contributed by atoms with Crippen LogP contribution in [0.15, 0.2) is 0 Å². The average molecular weight is 201 g/mol. The second kappa shape index (κ2) is 4.41. The third-order valence-electron chi connectivity index (χ3n) is 2.43. The molecule has 1 aliphatic rings. The molecule has 2 N–H and O–H groups in total. The van der Waals surface area contributed by atoms with E-state index in [9.17, 15) is 14.7 Å². The van der Waals surface area contributed by atoms with Crippen molar-refractivity contribution in [3.05, 3.63) is 0 Å². The molecular formula is C9H15NO4. The van der Waals surface area contributed by atoms with Crippen LogP contribution in [0.25, 0.3) is 0 Å². The van der Waals surface area contributed by atoms with E-state index >= 15 is 0 Å². The van der Waals surface area contributed by atoms with Gasteiger partial charge in [0.2, 0.25) is 5.91 Å². The average Bonchev–Trinajstić information content (AvgIpc) is 2.41. The van der Waals surface area contributed by atoms with Gasteiger partial charge in [-0.2, -0.15) is 0 Å². The third-order valence-corrected chi connectivity index (χ3v) is 2.43. The van der Waals surface area contributed by atoms with E-state index in [4.69, 9.17) is 5.11 Å². The van der Waals surface area contributed by atoms with Crippen LogP contribution in [-0.4, -0.2) is 45.7 Å². The number of aliphatic hydroxyl groups excluding tert-OH is 1. The van der Waals surface area contributed by atoms with Gasteiger partial charge in [0.25, 0.3) is 0 Å². The van der Waals surface area contributed by atoms with Gasteiger partial charge in [-0.25, -0.2) is 0 Å². The standard InChI is InChI=1S/C9H15NO4/c1-6-4-7(11)5-10(6)8(12)2-3-9(13)14/h6-7,11H,2-5H2,1H3,(H,13,14)/t6-,7-/m1/s1. The molecule has 0 aromatic rings. The molecule has 5 nitrogen and oxygen atoms in total. The zero-order valence-electron chi connectivity index (χ0n) is 8.14. The smallest absolute Gasteiger partial charge is 0.303 e.